The summed E-state index contributed by atoms with van der Waals surface area (Å²) in [5, 5.41) is 2.69. The third kappa shape index (κ3) is 4.42. The van der Waals surface area contributed by atoms with Gasteiger partial charge in [0.25, 0.3) is 0 Å². The third-order valence-electron chi connectivity index (χ3n) is 5.22. The average Bonchev–Trinajstić information content (AvgIpc) is 2.35. The SMILES string of the molecule is C=CC(=O)NCCC(=O)CC12CC(C)CC(CC(C)C1)C2. The van der Waals surface area contributed by atoms with E-state index in [2.05, 4.69) is 25.7 Å². The summed E-state index contributed by atoms with van der Waals surface area (Å²) in [6.07, 6.45) is 8.76. The maximum atomic E-state index is 12.3. The highest BCUT2D eigenvalue weighted by atomic mass is 16.1. The third-order valence-corrected chi connectivity index (χ3v) is 5.22. The zero-order chi connectivity index (χ0) is 15.5. The number of hydrogen-bond acceptors (Lipinski definition) is 2. The van der Waals surface area contributed by atoms with Gasteiger partial charge in [-0.25, -0.2) is 0 Å². The van der Waals surface area contributed by atoms with E-state index in [1.54, 1.807) is 0 Å². The van der Waals surface area contributed by atoms with Crippen molar-refractivity contribution in [3.05, 3.63) is 12.7 Å². The maximum Gasteiger partial charge on any atom is 0.243 e. The minimum Gasteiger partial charge on any atom is -0.352 e. The van der Waals surface area contributed by atoms with E-state index in [1.807, 2.05) is 0 Å². The van der Waals surface area contributed by atoms with E-state index in [0.29, 0.717) is 25.2 Å². The first-order valence-electron chi connectivity index (χ1n) is 8.34. The Morgan fingerprint density at radius 3 is 2.38 bits per heavy atom. The van der Waals surface area contributed by atoms with Crippen LogP contribution in [0.4, 0.5) is 0 Å². The lowest BCUT2D eigenvalue weighted by molar-refractivity contribution is -0.124. The van der Waals surface area contributed by atoms with E-state index in [0.717, 1.165) is 17.8 Å². The number of Topliss-reactive ketones (excluding diaryl/α,β-unsaturated/α-hetero) is 1. The Morgan fingerprint density at radius 1 is 1.19 bits per heavy atom. The van der Waals surface area contributed by atoms with Crippen molar-refractivity contribution < 1.29 is 9.59 Å². The van der Waals surface area contributed by atoms with Crippen molar-refractivity contribution in [3.63, 3.8) is 0 Å². The van der Waals surface area contributed by atoms with Crippen LogP contribution in [0.3, 0.4) is 0 Å². The number of nitrogens with one attached hydrogen (secondary N) is 1. The number of carbonyl (C=O) groups is 2. The molecule has 0 aromatic carbocycles. The van der Waals surface area contributed by atoms with Crippen LogP contribution in [-0.2, 0) is 9.59 Å². The van der Waals surface area contributed by atoms with Crippen LogP contribution >= 0.6 is 0 Å². The Labute approximate surface area is 128 Å². The Balaban J connectivity index is 1.88. The molecule has 0 aromatic heterocycles. The van der Waals surface area contributed by atoms with Gasteiger partial charge in [0.05, 0.1) is 0 Å². The fourth-order valence-electron chi connectivity index (χ4n) is 5.03. The molecule has 0 heterocycles. The Kier molecular flexibility index (Phi) is 5.23. The van der Waals surface area contributed by atoms with Crippen molar-refractivity contribution >= 4 is 11.7 Å². The molecule has 2 aliphatic rings. The van der Waals surface area contributed by atoms with Gasteiger partial charge in [-0.05, 0) is 61.3 Å². The second kappa shape index (κ2) is 6.76. The molecule has 2 rings (SSSR count). The summed E-state index contributed by atoms with van der Waals surface area (Å²) in [6.45, 7) is 8.53. The minimum absolute atomic E-state index is 0.196. The van der Waals surface area contributed by atoms with Gasteiger partial charge in [-0.1, -0.05) is 20.4 Å². The van der Waals surface area contributed by atoms with Gasteiger partial charge in [0, 0.05) is 19.4 Å². The van der Waals surface area contributed by atoms with Crippen molar-refractivity contribution in [2.45, 2.75) is 58.8 Å². The molecule has 0 aliphatic heterocycles. The van der Waals surface area contributed by atoms with Crippen LogP contribution in [0.15, 0.2) is 12.7 Å². The summed E-state index contributed by atoms with van der Waals surface area (Å²) in [5.41, 5.74) is 0.250. The molecule has 21 heavy (non-hydrogen) atoms. The van der Waals surface area contributed by atoms with Crippen LogP contribution in [0.1, 0.15) is 58.8 Å². The van der Waals surface area contributed by atoms with Crippen molar-refractivity contribution in [2.24, 2.45) is 23.2 Å². The van der Waals surface area contributed by atoms with Gasteiger partial charge in [-0.15, -0.1) is 0 Å². The summed E-state index contributed by atoms with van der Waals surface area (Å²) >= 11 is 0. The normalized spacial score (nSPS) is 35.0. The molecule has 118 valence electrons. The van der Waals surface area contributed by atoms with Gasteiger partial charge in [0.1, 0.15) is 5.78 Å². The van der Waals surface area contributed by atoms with E-state index in [9.17, 15) is 9.59 Å². The zero-order valence-corrected chi connectivity index (χ0v) is 13.5. The summed E-state index contributed by atoms with van der Waals surface area (Å²) in [6, 6.07) is 0. The molecule has 1 amide bonds. The highest BCUT2D eigenvalue weighted by Gasteiger charge is 2.44. The molecule has 0 radical (unpaired) electrons. The summed E-state index contributed by atoms with van der Waals surface area (Å²) < 4.78 is 0. The molecular weight excluding hydrogens is 262 g/mol. The van der Waals surface area contributed by atoms with E-state index in [-0.39, 0.29) is 11.3 Å². The van der Waals surface area contributed by atoms with Crippen LogP contribution in [0.2, 0.25) is 0 Å². The average molecular weight is 291 g/mol. The standard InChI is InChI=1S/C18H29NO2/c1-4-17(21)19-6-5-16(20)12-18-9-13(2)7-15(11-18)8-14(3)10-18/h4,13-15H,1,5-12H2,2-3H3,(H,19,21). The molecular formula is C18H29NO2. The Hall–Kier alpha value is -1.12. The number of fused-ring (bicyclic) bond motifs is 2. The quantitative estimate of drug-likeness (QED) is 0.761. The monoisotopic (exact) mass is 291 g/mol. The Bertz CT molecular complexity index is 396. The predicted molar refractivity (Wildman–Crippen MR) is 84.8 cm³/mol. The van der Waals surface area contributed by atoms with Crippen LogP contribution in [-0.4, -0.2) is 18.2 Å². The lowest BCUT2D eigenvalue weighted by Crippen LogP contribution is -2.40. The van der Waals surface area contributed by atoms with Crippen LogP contribution in [0, 0.1) is 23.2 Å². The second-order valence-electron chi connectivity index (χ2n) is 7.62. The van der Waals surface area contributed by atoms with Gasteiger partial charge >= 0.3 is 0 Å². The van der Waals surface area contributed by atoms with Crippen molar-refractivity contribution in [1.82, 2.24) is 5.32 Å². The largest absolute Gasteiger partial charge is 0.352 e. The zero-order valence-electron chi connectivity index (χ0n) is 13.5. The molecule has 0 aromatic rings. The first kappa shape index (κ1) is 16.3. The highest BCUT2D eigenvalue weighted by Crippen LogP contribution is 2.54. The first-order valence-corrected chi connectivity index (χ1v) is 8.34. The number of carbonyl (C=O) groups excluding carboxylic acids is 2. The molecule has 2 saturated carbocycles. The van der Waals surface area contributed by atoms with Gasteiger partial charge in [0.2, 0.25) is 5.91 Å². The van der Waals surface area contributed by atoms with E-state index >= 15 is 0 Å². The molecule has 3 heteroatoms. The van der Waals surface area contributed by atoms with E-state index in [1.165, 1.54) is 38.2 Å². The predicted octanol–water partition coefficient (Wildman–Crippen LogP) is 3.49. The maximum absolute atomic E-state index is 12.3. The summed E-state index contributed by atoms with van der Waals surface area (Å²) in [4.78, 5) is 23.4. The minimum atomic E-state index is -0.196. The molecule has 2 unspecified atom stereocenters. The van der Waals surface area contributed by atoms with Crippen molar-refractivity contribution in [3.8, 4) is 0 Å². The van der Waals surface area contributed by atoms with E-state index in [4.69, 9.17) is 0 Å². The van der Waals surface area contributed by atoms with Crippen LogP contribution < -0.4 is 5.32 Å². The molecule has 0 spiro atoms. The number of rotatable bonds is 6. The fourth-order valence-corrected chi connectivity index (χ4v) is 5.03. The number of amides is 1. The molecule has 2 fully saturated rings. The molecule has 2 bridgehead atoms. The Morgan fingerprint density at radius 2 is 1.81 bits per heavy atom. The second-order valence-corrected chi connectivity index (χ2v) is 7.62. The number of hydrogen-bond donors (Lipinski definition) is 1. The van der Waals surface area contributed by atoms with Gasteiger partial charge < -0.3 is 5.32 Å². The van der Waals surface area contributed by atoms with E-state index < -0.39 is 0 Å². The molecule has 3 nitrogen and oxygen atoms in total. The molecule has 0 saturated heterocycles. The van der Waals surface area contributed by atoms with Gasteiger partial charge in [0.15, 0.2) is 0 Å². The smallest absolute Gasteiger partial charge is 0.243 e. The lowest BCUT2D eigenvalue weighted by Gasteiger charge is -2.50. The van der Waals surface area contributed by atoms with Gasteiger partial charge in [-0.2, -0.15) is 0 Å². The number of ketones is 1. The summed E-state index contributed by atoms with van der Waals surface area (Å²) in [7, 11) is 0. The molecule has 2 aliphatic carbocycles. The molecule has 2 atom stereocenters. The van der Waals surface area contributed by atoms with Crippen molar-refractivity contribution in [2.75, 3.05) is 6.54 Å². The molecule has 1 N–H and O–H groups in total. The topological polar surface area (TPSA) is 46.2 Å². The fraction of sp³-hybridized carbons (Fsp3) is 0.778. The first-order chi connectivity index (χ1) is 9.92. The lowest BCUT2D eigenvalue weighted by atomic mass is 9.55. The highest BCUT2D eigenvalue weighted by molar-refractivity contribution is 5.87. The van der Waals surface area contributed by atoms with Crippen molar-refractivity contribution in [1.29, 1.82) is 0 Å². The van der Waals surface area contributed by atoms with Gasteiger partial charge in [-0.3, -0.25) is 9.59 Å². The van der Waals surface area contributed by atoms with Crippen LogP contribution in [0.25, 0.3) is 0 Å². The van der Waals surface area contributed by atoms with Crippen LogP contribution in [0.5, 0.6) is 0 Å². The summed E-state index contributed by atoms with van der Waals surface area (Å²) in [5.74, 6) is 2.44.